The van der Waals surface area contributed by atoms with Crippen molar-refractivity contribution in [3.05, 3.63) is 35.4 Å². The van der Waals surface area contributed by atoms with Crippen LogP contribution in [0.4, 0.5) is 0 Å². The summed E-state index contributed by atoms with van der Waals surface area (Å²) in [4.78, 5) is 25.7. The van der Waals surface area contributed by atoms with Crippen molar-refractivity contribution in [1.29, 1.82) is 0 Å². The summed E-state index contributed by atoms with van der Waals surface area (Å²) >= 11 is 0. The first-order valence-electron chi connectivity index (χ1n) is 4.86. The minimum Gasteiger partial charge on any atom is -0.477 e. The van der Waals surface area contributed by atoms with Crippen molar-refractivity contribution in [1.82, 2.24) is 30.9 Å². The molecule has 0 aliphatic rings. The van der Waals surface area contributed by atoms with Crippen LogP contribution in [0.1, 0.15) is 26.7 Å². The van der Waals surface area contributed by atoms with Crippen molar-refractivity contribution in [3.63, 3.8) is 0 Å². The maximum atomic E-state index is 11.4. The molecule has 9 heteroatoms. The summed E-state index contributed by atoms with van der Waals surface area (Å²) in [6, 6.07) is 2.92. The van der Waals surface area contributed by atoms with Gasteiger partial charge in [0, 0.05) is 12.7 Å². The normalized spacial score (nSPS) is 10.0. The van der Waals surface area contributed by atoms with Crippen LogP contribution >= 0.6 is 0 Å². The highest BCUT2D eigenvalue weighted by molar-refractivity contribution is 5.90. The molecule has 0 fully saturated rings. The Bertz CT molecular complexity index is 550. The van der Waals surface area contributed by atoms with E-state index in [1.165, 1.54) is 12.3 Å². The van der Waals surface area contributed by atoms with E-state index in [9.17, 15) is 9.59 Å². The molecule has 2 aromatic rings. The number of nitrogens with one attached hydrogen (secondary N) is 2. The Hall–Kier alpha value is -2.84. The second kappa shape index (κ2) is 4.99. The lowest BCUT2D eigenvalue weighted by Crippen LogP contribution is -2.24. The van der Waals surface area contributed by atoms with Gasteiger partial charge in [-0.1, -0.05) is 6.07 Å². The zero-order valence-electron chi connectivity index (χ0n) is 8.99. The Morgan fingerprint density at radius 1 is 1.39 bits per heavy atom. The van der Waals surface area contributed by atoms with Gasteiger partial charge >= 0.3 is 5.97 Å². The number of hydrogen-bond donors (Lipinski definition) is 3. The number of carbonyl (C=O) groups is 2. The van der Waals surface area contributed by atoms with E-state index < -0.39 is 11.9 Å². The minimum absolute atomic E-state index is 0.0526. The number of carboxylic acids is 1. The molecule has 92 valence electrons. The van der Waals surface area contributed by atoms with Gasteiger partial charge in [-0.15, -0.1) is 10.2 Å². The first-order chi connectivity index (χ1) is 8.66. The van der Waals surface area contributed by atoms with Crippen LogP contribution in [0.25, 0.3) is 0 Å². The van der Waals surface area contributed by atoms with Gasteiger partial charge in [0.05, 0.1) is 0 Å². The Balaban J connectivity index is 1.94. The van der Waals surface area contributed by atoms with Crippen LogP contribution in [0.5, 0.6) is 0 Å². The number of pyridine rings is 1. The first-order valence-corrected chi connectivity index (χ1v) is 4.86. The molecule has 0 aromatic carbocycles. The Labute approximate surface area is 100 Å². The molecule has 0 radical (unpaired) electrons. The van der Waals surface area contributed by atoms with Gasteiger partial charge in [-0.25, -0.2) is 9.78 Å². The summed E-state index contributed by atoms with van der Waals surface area (Å²) in [6.07, 6.45) is 1.37. The van der Waals surface area contributed by atoms with Gasteiger partial charge in [-0.3, -0.25) is 4.79 Å². The van der Waals surface area contributed by atoms with E-state index in [1.807, 2.05) is 0 Å². The van der Waals surface area contributed by atoms with Gasteiger partial charge in [-0.2, -0.15) is 5.21 Å². The Morgan fingerprint density at radius 2 is 2.22 bits per heavy atom. The number of carbonyl (C=O) groups excluding carboxylic acids is 1. The number of carboxylic acid groups (broad SMARTS) is 1. The van der Waals surface area contributed by atoms with Gasteiger partial charge in [0.2, 0.25) is 0 Å². The average molecular weight is 248 g/mol. The van der Waals surface area contributed by atoms with Crippen LogP contribution in [0.2, 0.25) is 0 Å². The van der Waals surface area contributed by atoms with Crippen LogP contribution in [-0.2, 0) is 6.54 Å². The van der Waals surface area contributed by atoms with Crippen LogP contribution in [0.15, 0.2) is 18.3 Å². The molecule has 9 nitrogen and oxygen atoms in total. The largest absolute Gasteiger partial charge is 0.477 e. The third kappa shape index (κ3) is 2.64. The number of aromatic amines is 1. The van der Waals surface area contributed by atoms with Crippen LogP contribution in [0.3, 0.4) is 0 Å². The summed E-state index contributed by atoms with van der Waals surface area (Å²) < 4.78 is 0. The maximum Gasteiger partial charge on any atom is 0.354 e. The number of amides is 1. The highest BCUT2D eigenvalue weighted by atomic mass is 16.4. The molecule has 18 heavy (non-hydrogen) atoms. The molecule has 0 unspecified atom stereocenters. The van der Waals surface area contributed by atoms with Crippen molar-refractivity contribution in [2.75, 3.05) is 0 Å². The van der Waals surface area contributed by atoms with E-state index in [4.69, 9.17) is 5.11 Å². The van der Waals surface area contributed by atoms with Gasteiger partial charge in [0.15, 0.2) is 0 Å². The Kier molecular flexibility index (Phi) is 3.23. The van der Waals surface area contributed by atoms with E-state index in [2.05, 4.69) is 30.9 Å². The van der Waals surface area contributed by atoms with Crippen molar-refractivity contribution < 1.29 is 14.7 Å². The van der Waals surface area contributed by atoms with Crippen molar-refractivity contribution >= 4 is 11.9 Å². The molecule has 0 aliphatic carbocycles. The minimum atomic E-state index is -1.10. The number of aromatic carboxylic acids is 1. The highest BCUT2D eigenvalue weighted by Crippen LogP contribution is 2.00. The van der Waals surface area contributed by atoms with E-state index in [-0.39, 0.29) is 18.1 Å². The summed E-state index contributed by atoms with van der Waals surface area (Å²) in [5.41, 5.74) is 0.611. The molecule has 0 atom stereocenters. The van der Waals surface area contributed by atoms with Crippen molar-refractivity contribution in [3.8, 4) is 0 Å². The van der Waals surface area contributed by atoms with Gasteiger partial charge in [-0.05, 0) is 16.8 Å². The zero-order valence-corrected chi connectivity index (χ0v) is 8.99. The number of nitrogens with zero attached hydrogens (tertiary/aromatic N) is 4. The van der Waals surface area contributed by atoms with E-state index in [0.29, 0.717) is 5.56 Å². The number of tetrazole rings is 1. The van der Waals surface area contributed by atoms with Crippen LogP contribution in [0, 0.1) is 0 Å². The molecule has 2 aromatic heterocycles. The maximum absolute atomic E-state index is 11.4. The standard InChI is InChI=1S/C9H8N6O3/c16-8(7-12-14-15-13-7)11-4-5-1-2-6(9(17)18)10-3-5/h1-3H,4H2,(H,11,16)(H,17,18)(H,12,13,14,15). The molecule has 3 N–H and O–H groups in total. The number of hydrogen-bond acceptors (Lipinski definition) is 6. The first kappa shape index (κ1) is 11.6. The fraction of sp³-hybridized carbons (Fsp3) is 0.111. The number of rotatable bonds is 4. The third-order valence-corrected chi connectivity index (χ3v) is 2.05. The smallest absolute Gasteiger partial charge is 0.354 e. The molecule has 1 amide bonds. The third-order valence-electron chi connectivity index (χ3n) is 2.05. The topological polar surface area (TPSA) is 134 Å². The SMILES string of the molecule is O=C(O)c1ccc(CNC(=O)c2nn[nH]n2)cn1. The lowest BCUT2D eigenvalue weighted by Gasteiger charge is -2.02. The molecule has 0 saturated heterocycles. The fourth-order valence-electron chi connectivity index (χ4n) is 1.17. The second-order valence-corrected chi connectivity index (χ2v) is 3.27. The number of H-pyrrole nitrogens is 1. The molecule has 2 rings (SSSR count). The lowest BCUT2D eigenvalue weighted by molar-refractivity contribution is 0.0690. The molecule has 0 bridgehead atoms. The summed E-state index contributed by atoms with van der Waals surface area (Å²) in [5, 5.41) is 23.6. The quantitative estimate of drug-likeness (QED) is 0.646. The molecular weight excluding hydrogens is 240 g/mol. The van der Waals surface area contributed by atoms with E-state index >= 15 is 0 Å². The monoisotopic (exact) mass is 248 g/mol. The molecule has 2 heterocycles. The van der Waals surface area contributed by atoms with Crippen molar-refractivity contribution in [2.24, 2.45) is 0 Å². The lowest BCUT2D eigenvalue weighted by atomic mass is 10.2. The predicted octanol–water partition coefficient (Wildman–Crippen LogP) is -0.777. The molecule has 0 spiro atoms. The van der Waals surface area contributed by atoms with E-state index in [0.717, 1.165) is 0 Å². The van der Waals surface area contributed by atoms with Gasteiger partial charge < -0.3 is 10.4 Å². The predicted molar refractivity (Wildman–Crippen MR) is 56.5 cm³/mol. The second-order valence-electron chi connectivity index (χ2n) is 3.27. The summed E-state index contributed by atoms with van der Waals surface area (Å²) in [5.74, 6) is -1.64. The molecule has 0 saturated carbocycles. The molecular formula is C9H8N6O3. The Morgan fingerprint density at radius 3 is 2.78 bits per heavy atom. The van der Waals surface area contributed by atoms with Gasteiger partial charge in [0.25, 0.3) is 11.7 Å². The van der Waals surface area contributed by atoms with Crippen molar-refractivity contribution in [2.45, 2.75) is 6.54 Å². The van der Waals surface area contributed by atoms with Crippen LogP contribution in [-0.4, -0.2) is 42.6 Å². The molecule has 0 aliphatic heterocycles. The summed E-state index contributed by atoms with van der Waals surface area (Å²) in [6.45, 7) is 0.195. The van der Waals surface area contributed by atoms with Gasteiger partial charge in [0.1, 0.15) is 5.69 Å². The average Bonchev–Trinajstić information content (AvgIpc) is 2.90. The number of aromatic nitrogens is 5. The summed E-state index contributed by atoms with van der Waals surface area (Å²) in [7, 11) is 0. The fourth-order valence-corrected chi connectivity index (χ4v) is 1.17. The zero-order chi connectivity index (χ0) is 13.0. The highest BCUT2D eigenvalue weighted by Gasteiger charge is 2.10. The van der Waals surface area contributed by atoms with E-state index in [1.54, 1.807) is 6.07 Å². The van der Waals surface area contributed by atoms with Crippen LogP contribution < -0.4 is 5.32 Å².